The molecule has 1 amide bonds. The van der Waals surface area contributed by atoms with Gasteiger partial charge in [-0.25, -0.2) is 17.7 Å². The molecule has 0 aliphatic carbocycles. The van der Waals surface area contributed by atoms with Crippen LogP contribution in [0.3, 0.4) is 0 Å². The highest BCUT2D eigenvalue weighted by molar-refractivity contribution is 7.48. The number of hydrogen-bond acceptors (Lipinski definition) is 8. The molecule has 9 nitrogen and oxygen atoms in total. The van der Waals surface area contributed by atoms with E-state index in [0.29, 0.717) is 11.1 Å². The Morgan fingerprint density at radius 3 is 2.67 bits per heavy atom. The highest BCUT2D eigenvalue weighted by Gasteiger charge is 2.68. The summed E-state index contributed by atoms with van der Waals surface area (Å²) in [7, 11) is -4.28. The molecule has 13 heteroatoms. The summed E-state index contributed by atoms with van der Waals surface area (Å²) in [6.07, 6.45) is -9.93. The number of carbonyl (C=O) groups excluding carboxylic acids is 2. The normalized spacial score (nSPS) is 39.9. The number of halogens is 3. The molecule has 0 aromatic heterocycles. The van der Waals surface area contributed by atoms with E-state index in [1.807, 2.05) is 0 Å². The SMILES string of the molecule is CC(C)OP1(=O)OC[C@@]2(C(F)F)O[C@@H](N3C=C(F)C(=O)CC3=O)[C@H](O)[C@H]2O1. The minimum absolute atomic E-state index is 0.462. The Labute approximate surface area is 151 Å². The Bertz CT molecular complexity index is 731. The number of Topliss-reactive ketones (excluding diaryl/α,β-unsaturated/α-hetero) is 1. The lowest BCUT2D eigenvalue weighted by Gasteiger charge is -2.39. The molecule has 2 fully saturated rings. The predicted molar refractivity (Wildman–Crippen MR) is 79.9 cm³/mol. The zero-order valence-electron chi connectivity index (χ0n) is 14.2. The number of alkyl halides is 2. The molecule has 5 atom stereocenters. The van der Waals surface area contributed by atoms with Crippen LogP contribution in [0.4, 0.5) is 13.2 Å². The van der Waals surface area contributed by atoms with Gasteiger partial charge in [0.15, 0.2) is 17.7 Å². The summed E-state index contributed by atoms with van der Waals surface area (Å²) >= 11 is 0. The van der Waals surface area contributed by atoms with E-state index in [4.69, 9.17) is 18.3 Å². The molecule has 1 N–H and O–H groups in total. The lowest BCUT2D eigenvalue weighted by molar-refractivity contribution is -0.213. The minimum Gasteiger partial charge on any atom is -0.386 e. The fourth-order valence-corrected chi connectivity index (χ4v) is 4.61. The van der Waals surface area contributed by atoms with Gasteiger partial charge in [0.25, 0.3) is 6.43 Å². The molecule has 0 radical (unpaired) electrons. The molecule has 3 aliphatic rings. The number of rotatable bonds is 4. The maximum atomic E-state index is 13.8. The van der Waals surface area contributed by atoms with Crippen LogP contribution in [-0.2, 0) is 32.5 Å². The molecule has 152 valence electrons. The molecular formula is C14H17F3NO8P. The number of nitrogens with zero attached hydrogens (tertiary/aromatic N) is 1. The van der Waals surface area contributed by atoms with Crippen molar-refractivity contribution < 1.29 is 50.7 Å². The molecular weight excluding hydrogens is 398 g/mol. The number of ether oxygens (including phenoxy) is 1. The Morgan fingerprint density at radius 1 is 1.41 bits per heavy atom. The third-order valence-electron chi connectivity index (χ3n) is 4.22. The Balaban J connectivity index is 1.93. The average molecular weight is 415 g/mol. The quantitative estimate of drug-likeness (QED) is 0.540. The Hall–Kier alpha value is -1.30. The van der Waals surface area contributed by atoms with Crippen molar-refractivity contribution in [2.75, 3.05) is 6.61 Å². The van der Waals surface area contributed by atoms with Gasteiger partial charge in [0.1, 0.15) is 12.2 Å². The van der Waals surface area contributed by atoms with Gasteiger partial charge in [-0.2, -0.15) is 0 Å². The molecule has 0 aromatic rings. The highest BCUT2D eigenvalue weighted by atomic mass is 31.2. The van der Waals surface area contributed by atoms with Gasteiger partial charge >= 0.3 is 7.82 Å². The topological polar surface area (TPSA) is 112 Å². The van der Waals surface area contributed by atoms with E-state index in [1.165, 1.54) is 13.8 Å². The summed E-state index contributed by atoms with van der Waals surface area (Å²) in [5.74, 6) is -3.34. The molecule has 3 aliphatic heterocycles. The molecule has 0 aromatic carbocycles. The van der Waals surface area contributed by atoms with Crippen molar-refractivity contribution >= 4 is 19.5 Å². The number of phosphoric ester groups is 1. The van der Waals surface area contributed by atoms with Crippen molar-refractivity contribution in [1.29, 1.82) is 0 Å². The molecule has 2 saturated heterocycles. The van der Waals surface area contributed by atoms with Gasteiger partial charge in [-0.15, -0.1) is 0 Å². The van der Waals surface area contributed by atoms with Crippen LogP contribution in [0.5, 0.6) is 0 Å². The number of hydrogen-bond donors (Lipinski definition) is 1. The van der Waals surface area contributed by atoms with Gasteiger partial charge in [-0.05, 0) is 13.8 Å². The van der Waals surface area contributed by atoms with Crippen LogP contribution in [0, 0.1) is 0 Å². The van der Waals surface area contributed by atoms with E-state index < -0.39 is 74.9 Å². The summed E-state index contributed by atoms with van der Waals surface area (Å²) in [5, 5.41) is 10.4. The third-order valence-corrected chi connectivity index (χ3v) is 5.83. The molecule has 3 rings (SSSR count). The van der Waals surface area contributed by atoms with Gasteiger partial charge in [0, 0.05) is 6.20 Å². The first-order valence-corrected chi connectivity index (χ1v) is 9.42. The summed E-state index contributed by atoms with van der Waals surface area (Å²) in [5.41, 5.74) is -2.57. The first-order chi connectivity index (χ1) is 12.5. The van der Waals surface area contributed by atoms with Crippen LogP contribution in [0.25, 0.3) is 0 Å². The van der Waals surface area contributed by atoms with Gasteiger partial charge in [0.2, 0.25) is 11.7 Å². The van der Waals surface area contributed by atoms with E-state index in [9.17, 15) is 32.4 Å². The lowest BCUT2D eigenvalue weighted by atomic mass is 9.96. The summed E-state index contributed by atoms with van der Waals surface area (Å²) in [6, 6.07) is 0. The standard InChI is InChI=1S/C14H17F3NO8P/c1-6(2)25-27(22)23-5-14(13(16)17)11(26-27)10(21)12(24-14)18-4-7(15)8(19)3-9(18)20/h4,6,10-13,21H,3,5H2,1-2H3/t10-,11-,12-,14-,27?/m1/s1. The second kappa shape index (κ2) is 6.94. The maximum Gasteiger partial charge on any atom is 0.475 e. The molecule has 0 bridgehead atoms. The van der Waals surface area contributed by atoms with Crippen LogP contribution in [0.2, 0.25) is 0 Å². The van der Waals surface area contributed by atoms with Crippen molar-refractivity contribution in [3.05, 3.63) is 12.0 Å². The van der Waals surface area contributed by atoms with Gasteiger partial charge < -0.3 is 9.84 Å². The van der Waals surface area contributed by atoms with Gasteiger partial charge in [0.05, 0.1) is 19.1 Å². The Kier molecular flexibility index (Phi) is 5.26. The number of ketones is 1. The fourth-order valence-electron chi connectivity index (χ4n) is 2.99. The number of aliphatic hydroxyl groups excluding tert-OH is 1. The highest BCUT2D eigenvalue weighted by Crippen LogP contribution is 2.60. The van der Waals surface area contributed by atoms with Crippen molar-refractivity contribution in [3.63, 3.8) is 0 Å². The molecule has 3 heterocycles. The predicted octanol–water partition coefficient (Wildman–Crippen LogP) is 1.27. The van der Waals surface area contributed by atoms with E-state index >= 15 is 0 Å². The number of amides is 1. The first-order valence-electron chi connectivity index (χ1n) is 7.96. The zero-order chi connectivity index (χ0) is 20.1. The van der Waals surface area contributed by atoms with Gasteiger partial charge in [-0.1, -0.05) is 0 Å². The minimum atomic E-state index is -4.28. The van der Waals surface area contributed by atoms with Crippen LogP contribution in [0.1, 0.15) is 20.3 Å². The molecule has 0 saturated carbocycles. The fraction of sp³-hybridized carbons (Fsp3) is 0.714. The number of allylic oxidation sites excluding steroid dienone is 1. The van der Waals surface area contributed by atoms with Crippen molar-refractivity contribution in [2.45, 2.75) is 56.8 Å². The summed E-state index contributed by atoms with van der Waals surface area (Å²) in [6.45, 7) is 2.05. The molecule has 1 unspecified atom stereocenters. The largest absolute Gasteiger partial charge is 0.475 e. The number of aliphatic hydroxyl groups is 1. The van der Waals surface area contributed by atoms with E-state index in [2.05, 4.69) is 0 Å². The third kappa shape index (κ3) is 3.45. The van der Waals surface area contributed by atoms with Crippen LogP contribution in [0.15, 0.2) is 12.0 Å². The number of fused-ring (bicyclic) bond motifs is 1. The first kappa shape index (κ1) is 20.4. The number of carbonyl (C=O) groups is 2. The monoisotopic (exact) mass is 415 g/mol. The van der Waals surface area contributed by atoms with Crippen LogP contribution in [-0.4, -0.2) is 64.9 Å². The Morgan fingerprint density at radius 2 is 2.07 bits per heavy atom. The van der Waals surface area contributed by atoms with E-state index in [-0.39, 0.29) is 0 Å². The van der Waals surface area contributed by atoms with Crippen LogP contribution < -0.4 is 0 Å². The second-order valence-corrected chi connectivity index (χ2v) is 8.11. The molecule has 27 heavy (non-hydrogen) atoms. The zero-order valence-corrected chi connectivity index (χ0v) is 15.1. The van der Waals surface area contributed by atoms with Gasteiger partial charge in [-0.3, -0.25) is 28.1 Å². The maximum absolute atomic E-state index is 13.8. The molecule has 0 spiro atoms. The van der Waals surface area contributed by atoms with E-state index in [1.54, 1.807) is 0 Å². The smallest absolute Gasteiger partial charge is 0.386 e. The average Bonchev–Trinajstić information content (AvgIpc) is 2.84. The summed E-state index contributed by atoms with van der Waals surface area (Å²) in [4.78, 5) is 23.7. The van der Waals surface area contributed by atoms with E-state index in [0.717, 1.165) is 0 Å². The van der Waals surface area contributed by atoms with Crippen molar-refractivity contribution in [3.8, 4) is 0 Å². The lowest BCUT2D eigenvalue weighted by Crippen LogP contribution is -2.56. The second-order valence-electron chi connectivity index (χ2n) is 6.53. The van der Waals surface area contributed by atoms with Crippen molar-refractivity contribution in [2.24, 2.45) is 0 Å². The number of phosphoric acid groups is 1. The van der Waals surface area contributed by atoms with Crippen molar-refractivity contribution in [1.82, 2.24) is 4.90 Å². The summed E-state index contributed by atoms with van der Waals surface area (Å²) < 4.78 is 73.6. The van der Waals surface area contributed by atoms with Crippen LogP contribution >= 0.6 is 7.82 Å².